The topological polar surface area (TPSA) is 48.0 Å². The molecule has 3 aliphatic rings. The zero-order valence-corrected chi connectivity index (χ0v) is 17.8. The lowest BCUT2D eigenvalue weighted by Gasteiger charge is -2.42. The lowest BCUT2D eigenvalue weighted by molar-refractivity contribution is -0.0764. The molecule has 3 fully saturated rings. The van der Waals surface area contributed by atoms with Crippen molar-refractivity contribution in [3.05, 3.63) is 0 Å². The van der Waals surface area contributed by atoms with Gasteiger partial charge >= 0.3 is 0 Å². The van der Waals surface area contributed by atoms with E-state index in [-0.39, 0.29) is 5.60 Å². The molecular weight excluding hydrogens is 314 g/mol. The third-order valence-corrected chi connectivity index (χ3v) is 5.18. The van der Waals surface area contributed by atoms with Gasteiger partial charge in [-0.05, 0) is 38.9 Å². The van der Waals surface area contributed by atoms with E-state index in [9.17, 15) is 5.11 Å². The molecular formula is C20H45N3O2. The van der Waals surface area contributed by atoms with Crippen LogP contribution in [0.2, 0.25) is 0 Å². The number of nitrogens with one attached hydrogen (secondary N) is 1. The Morgan fingerprint density at radius 2 is 1.48 bits per heavy atom. The van der Waals surface area contributed by atoms with Crippen LogP contribution in [0.25, 0.3) is 0 Å². The van der Waals surface area contributed by atoms with Crippen molar-refractivity contribution in [1.29, 1.82) is 0 Å². The predicted molar refractivity (Wildman–Crippen MR) is 108 cm³/mol. The largest absolute Gasteiger partial charge is 0.390 e. The first kappa shape index (κ1) is 24.8. The number of piperidine rings is 1. The van der Waals surface area contributed by atoms with Gasteiger partial charge in [0.25, 0.3) is 0 Å². The Morgan fingerprint density at radius 1 is 0.960 bits per heavy atom. The molecule has 0 bridgehead atoms. The van der Waals surface area contributed by atoms with Gasteiger partial charge in [-0.15, -0.1) is 0 Å². The molecule has 0 unspecified atom stereocenters. The molecule has 2 N–H and O–H groups in total. The molecule has 3 saturated heterocycles. The second-order valence-corrected chi connectivity index (χ2v) is 6.49. The zero-order valence-electron chi connectivity index (χ0n) is 17.8. The highest BCUT2D eigenvalue weighted by molar-refractivity contribution is 4.82. The molecule has 0 aliphatic carbocycles. The summed E-state index contributed by atoms with van der Waals surface area (Å²) in [4.78, 5) is 5.08. The fourth-order valence-corrected chi connectivity index (χ4v) is 3.12. The minimum Gasteiger partial charge on any atom is -0.390 e. The summed E-state index contributed by atoms with van der Waals surface area (Å²) < 4.78 is 5.19. The number of piperazine rings is 1. The van der Waals surface area contributed by atoms with Gasteiger partial charge < -0.3 is 20.1 Å². The molecule has 0 aromatic rings. The first-order valence-electron chi connectivity index (χ1n) is 10.6. The van der Waals surface area contributed by atoms with Crippen molar-refractivity contribution in [1.82, 2.24) is 15.1 Å². The van der Waals surface area contributed by atoms with Gasteiger partial charge in [0.05, 0.1) is 24.9 Å². The zero-order chi connectivity index (χ0) is 19.1. The van der Waals surface area contributed by atoms with Crippen molar-refractivity contribution < 1.29 is 9.84 Å². The standard InChI is InChI=1S/C9H18N2O.C7H15NO.2C2H6/c1-2-10-3-5-11(6-4-10)9-7-12-8-9;1-2-7(9)3-5-8-6-4-7;2*1-2/h9H,2-8H2,1H3;8-9H,2-6H2,1H3;2*1-2H3. The smallest absolute Gasteiger partial charge is 0.0669 e. The minimum absolute atomic E-state index is 0.342. The van der Waals surface area contributed by atoms with E-state index in [1.807, 2.05) is 34.6 Å². The summed E-state index contributed by atoms with van der Waals surface area (Å²) in [7, 11) is 0. The third-order valence-electron chi connectivity index (χ3n) is 5.18. The van der Waals surface area contributed by atoms with E-state index < -0.39 is 0 Å². The first-order chi connectivity index (χ1) is 12.2. The summed E-state index contributed by atoms with van der Waals surface area (Å²) in [5.74, 6) is 0. The average Bonchev–Trinajstić information content (AvgIpc) is 2.65. The van der Waals surface area contributed by atoms with Gasteiger partial charge in [0, 0.05) is 26.2 Å². The maximum Gasteiger partial charge on any atom is 0.0669 e. The lowest BCUT2D eigenvalue weighted by atomic mass is 9.90. The number of aliphatic hydroxyl groups is 1. The van der Waals surface area contributed by atoms with E-state index in [0.717, 1.165) is 51.6 Å². The average molecular weight is 360 g/mol. The van der Waals surface area contributed by atoms with E-state index >= 15 is 0 Å². The van der Waals surface area contributed by atoms with Gasteiger partial charge in [-0.2, -0.15) is 0 Å². The van der Waals surface area contributed by atoms with E-state index in [1.165, 1.54) is 32.7 Å². The molecule has 5 heteroatoms. The van der Waals surface area contributed by atoms with Crippen molar-refractivity contribution in [2.24, 2.45) is 0 Å². The van der Waals surface area contributed by atoms with Crippen LogP contribution in [0.5, 0.6) is 0 Å². The number of hydrogen-bond donors (Lipinski definition) is 2. The molecule has 0 radical (unpaired) electrons. The predicted octanol–water partition coefficient (Wildman–Crippen LogP) is 2.59. The monoisotopic (exact) mass is 359 g/mol. The maximum atomic E-state index is 9.64. The highest BCUT2D eigenvalue weighted by Gasteiger charge is 2.28. The minimum atomic E-state index is -0.342. The first-order valence-corrected chi connectivity index (χ1v) is 10.6. The molecule has 0 spiro atoms. The molecule has 3 heterocycles. The van der Waals surface area contributed by atoms with Crippen molar-refractivity contribution in [2.45, 2.75) is 72.4 Å². The molecule has 3 aliphatic heterocycles. The molecule has 25 heavy (non-hydrogen) atoms. The quantitative estimate of drug-likeness (QED) is 0.811. The van der Waals surface area contributed by atoms with Gasteiger partial charge in [0.15, 0.2) is 0 Å². The van der Waals surface area contributed by atoms with Crippen LogP contribution in [-0.4, -0.2) is 85.6 Å². The molecule has 0 saturated carbocycles. The molecule has 0 atom stereocenters. The summed E-state index contributed by atoms with van der Waals surface area (Å²) in [5.41, 5.74) is -0.342. The number of hydrogen-bond acceptors (Lipinski definition) is 5. The van der Waals surface area contributed by atoms with Crippen molar-refractivity contribution in [3.63, 3.8) is 0 Å². The second kappa shape index (κ2) is 14.9. The third kappa shape index (κ3) is 9.34. The summed E-state index contributed by atoms with van der Waals surface area (Å²) in [6.07, 6.45) is 2.74. The van der Waals surface area contributed by atoms with Gasteiger partial charge in [0.1, 0.15) is 0 Å². The van der Waals surface area contributed by atoms with Crippen LogP contribution in [0.4, 0.5) is 0 Å². The Kier molecular flexibility index (Phi) is 14.8. The van der Waals surface area contributed by atoms with Gasteiger partial charge in [-0.1, -0.05) is 41.5 Å². The lowest BCUT2D eigenvalue weighted by Crippen LogP contribution is -2.56. The summed E-state index contributed by atoms with van der Waals surface area (Å²) in [6, 6.07) is 0.740. The Bertz CT molecular complexity index is 285. The number of rotatable bonds is 3. The van der Waals surface area contributed by atoms with Crippen LogP contribution < -0.4 is 5.32 Å². The highest BCUT2D eigenvalue weighted by atomic mass is 16.5. The van der Waals surface area contributed by atoms with Gasteiger partial charge in [0.2, 0.25) is 0 Å². The van der Waals surface area contributed by atoms with Crippen LogP contribution in [0, 0.1) is 0 Å². The number of nitrogens with zero attached hydrogens (tertiary/aromatic N) is 2. The van der Waals surface area contributed by atoms with Crippen LogP contribution in [-0.2, 0) is 4.74 Å². The SMILES string of the molecule is CC.CC.CCC1(O)CCNCC1.CCN1CCN(C2COC2)CC1. The van der Waals surface area contributed by atoms with E-state index in [1.54, 1.807) is 0 Å². The van der Waals surface area contributed by atoms with Gasteiger partial charge in [-0.3, -0.25) is 4.90 Å². The fraction of sp³-hybridized carbons (Fsp3) is 1.00. The van der Waals surface area contributed by atoms with E-state index in [0.29, 0.717) is 0 Å². The fourth-order valence-electron chi connectivity index (χ4n) is 3.12. The highest BCUT2D eigenvalue weighted by Crippen LogP contribution is 2.20. The molecule has 3 rings (SSSR count). The van der Waals surface area contributed by atoms with E-state index in [2.05, 4.69) is 22.0 Å². The second-order valence-electron chi connectivity index (χ2n) is 6.49. The molecule has 5 nitrogen and oxygen atoms in total. The van der Waals surface area contributed by atoms with Crippen LogP contribution in [0.3, 0.4) is 0 Å². The van der Waals surface area contributed by atoms with Crippen molar-refractivity contribution >= 4 is 0 Å². The molecule has 0 amide bonds. The summed E-state index contributed by atoms with van der Waals surface area (Å²) >= 11 is 0. The van der Waals surface area contributed by atoms with Gasteiger partial charge in [-0.25, -0.2) is 0 Å². The number of ether oxygens (including phenoxy) is 1. The molecule has 0 aromatic heterocycles. The van der Waals surface area contributed by atoms with Crippen LogP contribution in [0.1, 0.15) is 60.8 Å². The van der Waals surface area contributed by atoms with Crippen molar-refractivity contribution in [3.8, 4) is 0 Å². The maximum absolute atomic E-state index is 9.64. The Labute approximate surface area is 157 Å². The van der Waals surface area contributed by atoms with E-state index in [4.69, 9.17) is 4.74 Å². The Balaban J connectivity index is 0.000000396. The van der Waals surface area contributed by atoms with Crippen LogP contribution in [0.15, 0.2) is 0 Å². The summed E-state index contributed by atoms with van der Waals surface area (Å²) in [5, 5.41) is 12.9. The summed E-state index contributed by atoms with van der Waals surface area (Å²) in [6.45, 7) is 22.3. The Hall–Kier alpha value is -0.200. The molecule has 0 aromatic carbocycles. The Morgan fingerprint density at radius 3 is 1.80 bits per heavy atom. The van der Waals surface area contributed by atoms with Crippen molar-refractivity contribution in [2.75, 3.05) is 59.0 Å². The number of likely N-dealkylation sites (N-methyl/N-ethyl adjacent to an activating group) is 1. The van der Waals surface area contributed by atoms with Crippen LogP contribution >= 0.6 is 0 Å². The molecule has 152 valence electrons. The normalized spacial score (nSPS) is 23.6.